The molecule has 28 heavy (non-hydrogen) atoms. The Hall–Kier alpha value is -2.90. The van der Waals surface area contributed by atoms with E-state index in [1.54, 1.807) is 6.21 Å². The number of amides is 3. The number of carbonyl (C=O) groups excluding carboxylic acids is 2. The van der Waals surface area contributed by atoms with Crippen LogP contribution in [0.4, 0.5) is 4.79 Å². The minimum absolute atomic E-state index is 0.0969. The molecule has 2 unspecified atom stereocenters. The molecule has 0 aliphatic carbocycles. The number of hydrogen-bond acceptors (Lipinski definition) is 4. The first-order valence-electron chi connectivity index (χ1n) is 9.35. The van der Waals surface area contributed by atoms with E-state index in [1.807, 2.05) is 58.0 Å². The van der Waals surface area contributed by atoms with Gasteiger partial charge in [0.05, 0.1) is 0 Å². The monoisotopic (exact) mass is 390 g/mol. The molecule has 0 aliphatic rings. The highest BCUT2D eigenvalue weighted by Gasteiger charge is 2.27. The third-order valence-corrected chi connectivity index (χ3v) is 3.78. The summed E-state index contributed by atoms with van der Waals surface area (Å²) < 4.78 is 0. The molecule has 0 aliphatic heterocycles. The zero-order chi connectivity index (χ0) is 21.1. The number of rotatable bonds is 10. The van der Waals surface area contributed by atoms with Crippen LogP contribution in [0, 0.1) is 11.8 Å². The summed E-state index contributed by atoms with van der Waals surface area (Å²) in [5.74, 6) is -0.745. The van der Waals surface area contributed by atoms with Gasteiger partial charge in [0.1, 0.15) is 12.1 Å². The van der Waals surface area contributed by atoms with E-state index in [0.717, 1.165) is 5.56 Å². The molecule has 1 rings (SSSR count). The van der Waals surface area contributed by atoms with Crippen molar-refractivity contribution in [3.05, 3.63) is 35.9 Å². The van der Waals surface area contributed by atoms with Crippen molar-refractivity contribution in [2.45, 2.75) is 52.6 Å². The van der Waals surface area contributed by atoms with Crippen molar-refractivity contribution in [1.82, 2.24) is 16.1 Å². The predicted molar refractivity (Wildman–Crippen MR) is 108 cm³/mol. The van der Waals surface area contributed by atoms with Gasteiger partial charge in [-0.15, -0.1) is 0 Å². The number of nitrogens with zero attached hydrogens (tertiary/aromatic N) is 1. The Bertz CT molecular complexity index is 674. The molecule has 154 valence electrons. The second-order valence-corrected chi connectivity index (χ2v) is 7.38. The van der Waals surface area contributed by atoms with Gasteiger partial charge in [-0.05, 0) is 23.8 Å². The van der Waals surface area contributed by atoms with E-state index in [0.29, 0.717) is 6.42 Å². The van der Waals surface area contributed by atoms with E-state index in [-0.39, 0.29) is 18.3 Å². The van der Waals surface area contributed by atoms with Crippen molar-refractivity contribution in [2.24, 2.45) is 16.9 Å². The average Bonchev–Trinajstić information content (AvgIpc) is 2.60. The molecule has 0 saturated carbocycles. The van der Waals surface area contributed by atoms with Crippen LogP contribution in [0.2, 0.25) is 0 Å². The minimum Gasteiger partial charge on any atom is -0.465 e. The second-order valence-electron chi connectivity index (χ2n) is 7.38. The van der Waals surface area contributed by atoms with Crippen molar-refractivity contribution in [2.75, 3.05) is 0 Å². The normalized spacial score (nSPS) is 13.4. The fraction of sp³-hybridized carbons (Fsp3) is 0.500. The summed E-state index contributed by atoms with van der Waals surface area (Å²) >= 11 is 0. The zero-order valence-corrected chi connectivity index (χ0v) is 16.8. The Balaban J connectivity index is 2.93. The number of hydrogen-bond donors (Lipinski definition) is 4. The van der Waals surface area contributed by atoms with Gasteiger partial charge in [-0.1, -0.05) is 58.0 Å². The third-order valence-electron chi connectivity index (χ3n) is 3.78. The van der Waals surface area contributed by atoms with Crippen LogP contribution >= 0.6 is 0 Å². The maximum atomic E-state index is 12.6. The lowest BCUT2D eigenvalue weighted by atomic mass is 10.0. The molecule has 0 bridgehead atoms. The molecule has 0 spiro atoms. The van der Waals surface area contributed by atoms with Crippen molar-refractivity contribution < 1.29 is 19.5 Å². The molecular formula is C20H30N4O4. The van der Waals surface area contributed by atoms with E-state index >= 15 is 0 Å². The summed E-state index contributed by atoms with van der Waals surface area (Å²) in [7, 11) is 0. The number of carboxylic acid groups (broad SMARTS) is 1. The second kappa shape index (κ2) is 11.7. The van der Waals surface area contributed by atoms with Gasteiger partial charge in [-0.2, -0.15) is 5.10 Å². The molecule has 1 aromatic rings. The summed E-state index contributed by atoms with van der Waals surface area (Å²) in [6.07, 6.45) is 0.888. The molecule has 8 heteroatoms. The lowest BCUT2D eigenvalue weighted by Crippen LogP contribution is -2.54. The van der Waals surface area contributed by atoms with Gasteiger partial charge >= 0.3 is 6.09 Å². The molecule has 0 heterocycles. The molecule has 8 nitrogen and oxygen atoms in total. The molecule has 2 atom stereocenters. The highest BCUT2D eigenvalue weighted by molar-refractivity contribution is 5.91. The number of benzene rings is 1. The number of hydrazone groups is 1. The average molecular weight is 390 g/mol. The van der Waals surface area contributed by atoms with Gasteiger partial charge in [0.25, 0.3) is 5.91 Å². The van der Waals surface area contributed by atoms with Crippen LogP contribution in [0.1, 0.15) is 39.7 Å². The molecular weight excluding hydrogens is 360 g/mol. The van der Waals surface area contributed by atoms with Crippen LogP contribution in [0.3, 0.4) is 0 Å². The van der Waals surface area contributed by atoms with Gasteiger partial charge < -0.3 is 15.7 Å². The minimum atomic E-state index is -1.29. The molecule has 0 fully saturated rings. The first-order valence-corrected chi connectivity index (χ1v) is 9.35. The highest BCUT2D eigenvalue weighted by atomic mass is 16.4. The zero-order valence-electron chi connectivity index (χ0n) is 16.8. The van der Waals surface area contributed by atoms with E-state index in [9.17, 15) is 14.4 Å². The number of nitrogens with one attached hydrogen (secondary N) is 3. The first kappa shape index (κ1) is 23.1. The molecule has 0 radical (unpaired) electrons. The Labute approximate surface area is 165 Å². The Morgan fingerprint density at radius 1 is 1.00 bits per heavy atom. The summed E-state index contributed by atoms with van der Waals surface area (Å²) in [5, 5.41) is 17.8. The van der Waals surface area contributed by atoms with Gasteiger partial charge in [0.2, 0.25) is 5.91 Å². The largest absolute Gasteiger partial charge is 0.465 e. The van der Waals surface area contributed by atoms with E-state index in [4.69, 9.17) is 5.11 Å². The van der Waals surface area contributed by atoms with Crippen molar-refractivity contribution >= 4 is 24.1 Å². The first-order chi connectivity index (χ1) is 13.2. The molecule has 4 N–H and O–H groups in total. The third kappa shape index (κ3) is 9.16. The van der Waals surface area contributed by atoms with Gasteiger partial charge in [0, 0.05) is 12.6 Å². The van der Waals surface area contributed by atoms with E-state index in [1.165, 1.54) is 0 Å². The molecule has 1 aromatic carbocycles. The summed E-state index contributed by atoms with van der Waals surface area (Å²) in [4.78, 5) is 36.2. The molecule has 3 amide bonds. The van der Waals surface area contributed by atoms with Crippen LogP contribution in [-0.4, -0.2) is 41.3 Å². The standard InChI is InChI=1S/C20H30N4O4/c1-13(2)10-16(23-20(27)28)18(25)22-17(11-15-8-6-5-7-9-15)19(26)24-21-12-14(3)4/h5-9,12-14,16-17,23H,10-11H2,1-4H3,(H,22,25)(H,24,26)(H,27,28). The predicted octanol–water partition coefficient (Wildman–Crippen LogP) is 2.15. The quantitative estimate of drug-likeness (QED) is 0.361. The summed E-state index contributed by atoms with van der Waals surface area (Å²) in [6.45, 7) is 7.62. The Morgan fingerprint density at radius 3 is 2.18 bits per heavy atom. The van der Waals surface area contributed by atoms with E-state index < -0.39 is 30.0 Å². The smallest absolute Gasteiger partial charge is 0.405 e. The van der Waals surface area contributed by atoms with Crippen LogP contribution in [0.5, 0.6) is 0 Å². The van der Waals surface area contributed by atoms with Gasteiger partial charge in [-0.3, -0.25) is 9.59 Å². The summed E-state index contributed by atoms with van der Waals surface area (Å²) in [5.41, 5.74) is 3.30. The Kier molecular flexibility index (Phi) is 9.70. The molecule has 0 aromatic heterocycles. The number of carbonyl (C=O) groups is 3. The van der Waals surface area contributed by atoms with Crippen molar-refractivity contribution in [3.8, 4) is 0 Å². The lowest BCUT2D eigenvalue weighted by Gasteiger charge is -2.23. The van der Waals surface area contributed by atoms with Crippen LogP contribution < -0.4 is 16.1 Å². The van der Waals surface area contributed by atoms with Crippen LogP contribution in [0.25, 0.3) is 0 Å². The SMILES string of the molecule is CC(C)C=NNC(=O)C(Cc1ccccc1)NC(=O)C(CC(C)C)NC(=O)O. The van der Waals surface area contributed by atoms with Crippen LogP contribution in [0.15, 0.2) is 35.4 Å². The highest BCUT2D eigenvalue weighted by Crippen LogP contribution is 2.08. The fourth-order valence-electron chi connectivity index (χ4n) is 2.51. The molecule has 0 saturated heterocycles. The van der Waals surface area contributed by atoms with Gasteiger partial charge in [0.15, 0.2) is 0 Å². The van der Waals surface area contributed by atoms with Gasteiger partial charge in [-0.25, -0.2) is 10.2 Å². The maximum absolute atomic E-state index is 12.6. The van der Waals surface area contributed by atoms with Crippen molar-refractivity contribution in [3.63, 3.8) is 0 Å². The summed E-state index contributed by atoms with van der Waals surface area (Å²) in [6, 6.07) is 7.43. The maximum Gasteiger partial charge on any atom is 0.405 e. The van der Waals surface area contributed by atoms with Crippen molar-refractivity contribution in [1.29, 1.82) is 0 Å². The Morgan fingerprint density at radius 2 is 1.64 bits per heavy atom. The topological polar surface area (TPSA) is 120 Å². The lowest BCUT2D eigenvalue weighted by molar-refractivity contribution is -0.130. The van der Waals surface area contributed by atoms with Crippen LogP contribution in [-0.2, 0) is 16.0 Å². The fourth-order valence-corrected chi connectivity index (χ4v) is 2.51. The van der Waals surface area contributed by atoms with E-state index in [2.05, 4.69) is 21.2 Å².